The molecular formula is C24H13Cl2IN2O7. The fraction of sp³-hybridized carbons (Fsp3) is 0.0417. The number of nitrogens with zero attached hydrogens (tertiary/aromatic N) is 2. The van der Waals surface area contributed by atoms with Gasteiger partial charge in [0.1, 0.15) is 0 Å². The number of carbonyl (C=O) groups excluding carboxylic acids is 2. The van der Waals surface area contributed by atoms with E-state index in [-0.39, 0.29) is 50.0 Å². The van der Waals surface area contributed by atoms with Gasteiger partial charge in [0, 0.05) is 12.1 Å². The number of esters is 2. The molecule has 0 N–H and O–H groups in total. The van der Waals surface area contributed by atoms with E-state index in [4.69, 9.17) is 37.4 Å². The molecule has 0 saturated carbocycles. The summed E-state index contributed by atoms with van der Waals surface area (Å²) in [5, 5.41) is 11.5. The molecule has 36 heavy (non-hydrogen) atoms. The van der Waals surface area contributed by atoms with Crippen molar-refractivity contribution in [2.75, 3.05) is 7.11 Å². The first kappa shape index (κ1) is 25.6. The predicted molar refractivity (Wildman–Crippen MR) is 141 cm³/mol. The third kappa shape index (κ3) is 5.35. The van der Waals surface area contributed by atoms with E-state index in [0.29, 0.717) is 9.13 Å². The molecule has 3 aromatic rings. The molecule has 0 spiro atoms. The number of methoxy groups -OCH3 is 1. The van der Waals surface area contributed by atoms with Gasteiger partial charge in [-0.1, -0.05) is 35.3 Å². The maximum absolute atomic E-state index is 12.6. The monoisotopic (exact) mass is 638 g/mol. The first-order valence-corrected chi connectivity index (χ1v) is 11.8. The number of hydrogen-bond donors (Lipinski definition) is 0. The Kier molecular flexibility index (Phi) is 7.57. The third-order valence-electron chi connectivity index (χ3n) is 4.86. The number of halogens is 3. The first-order chi connectivity index (χ1) is 17.2. The van der Waals surface area contributed by atoms with Gasteiger partial charge in [-0.15, -0.1) is 0 Å². The van der Waals surface area contributed by atoms with Crippen molar-refractivity contribution in [3.63, 3.8) is 0 Å². The second kappa shape index (κ2) is 10.6. The second-order valence-electron chi connectivity index (χ2n) is 7.16. The van der Waals surface area contributed by atoms with Crippen LogP contribution in [0.25, 0.3) is 6.08 Å². The van der Waals surface area contributed by atoms with Crippen molar-refractivity contribution in [1.82, 2.24) is 0 Å². The van der Waals surface area contributed by atoms with Crippen LogP contribution in [0.1, 0.15) is 21.5 Å². The van der Waals surface area contributed by atoms with Crippen LogP contribution in [0, 0.1) is 13.7 Å². The number of aliphatic imine (C=N–C) groups is 1. The van der Waals surface area contributed by atoms with Crippen LogP contribution in [-0.4, -0.2) is 29.9 Å². The Balaban J connectivity index is 1.66. The minimum atomic E-state index is -0.768. The van der Waals surface area contributed by atoms with Gasteiger partial charge < -0.3 is 14.2 Å². The maximum Gasteiger partial charge on any atom is 0.363 e. The number of cyclic esters (lactones) is 1. The van der Waals surface area contributed by atoms with Gasteiger partial charge in [0.25, 0.3) is 5.69 Å². The fourth-order valence-electron chi connectivity index (χ4n) is 3.17. The van der Waals surface area contributed by atoms with E-state index in [9.17, 15) is 19.7 Å². The summed E-state index contributed by atoms with van der Waals surface area (Å²) in [5.74, 6) is -1.19. The molecule has 0 fully saturated rings. The highest BCUT2D eigenvalue weighted by Crippen LogP contribution is 2.36. The molecule has 0 unspecified atom stereocenters. The lowest BCUT2D eigenvalue weighted by atomic mass is 10.1. The van der Waals surface area contributed by atoms with Gasteiger partial charge in [-0.25, -0.2) is 14.6 Å². The molecule has 0 atom stereocenters. The molecule has 0 aromatic heterocycles. The minimum Gasteiger partial charge on any atom is -0.493 e. The van der Waals surface area contributed by atoms with Crippen molar-refractivity contribution in [2.45, 2.75) is 0 Å². The predicted octanol–water partition coefficient (Wildman–Crippen LogP) is 6.08. The number of non-ortho nitro benzene ring substituents is 1. The smallest absolute Gasteiger partial charge is 0.363 e. The topological polar surface area (TPSA) is 117 Å². The summed E-state index contributed by atoms with van der Waals surface area (Å²) in [6.45, 7) is 0. The average Bonchev–Trinajstić information content (AvgIpc) is 3.20. The van der Waals surface area contributed by atoms with Crippen molar-refractivity contribution in [3.8, 4) is 11.5 Å². The molecule has 4 rings (SSSR count). The maximum atomic E-state index is 12.6. The van der Waals surface area contributed by atoms with Crippen LogP contribution >= 0.6 is 45.8 Å². The summed E-state index contributed by atoms with van der Waals surface area (Å²) >= 11 is 14.2. The Hall–Kier alpha value is -3.48. The Morgan fingerprint density at radius 2 is 1.89 bits per heavy atom. The van der Waals surface area contributed by atoms with Gasteiger partial charge in [-0.05, 0) is 64.6 Å². The van der Waals surface area contributed by atoms with E-state index in [2.05, 4.69) is 4.99 Å². The standard InChI is InChI=1S/C24H13Cl2IN2O7/c1-34-20-10-12(8-18(27)21(20)35-23(30)14-4-2-3-5-16(14)25)9-19-24(31)36-22(28-19)15-11-13(29(32)33)6-7-17(15)26/h2-11H,1H3/b19-9-. The summed E-state index contributed by atoms with van der Waals surface area (Å²) in [6.07, 6.45) is 1.44. The van der Waals surface area contributed by atoms with E-state index >= 15 is 0 Å². The molecule has 0 aliphatic carbocycles. The number of hydrogen-bond acceptors (Lipinski definition) is 8. The quantitative estimate of drug-likeness (QED) is 0.0802. The summed E-state index contributed by atoms with van der Waals surface area (Å²) < 4.78 is 16.6. The Bertz CT molecular complexity index is 1490. The van der Waals surface area contributed by atoms with Crippen LogP contribution in [0.5, 0.6) is 11.5 Å². The van der Waals surface area contributed by atoms with Gasteiger partial charge in [0.05, 0.1) is 36.8 Å². The average molecular weight is 639 g/mol. The third-order valence-corrected chi connectivity index (χ3v) is 6.32. The number of nitro benzene ring substituents is 1. The van der Waals surface area contributed by atoms with Crippen molar-refractivity contribution in [3.05, 3.63) is 101 Å². The number of ether oxygens (including phenoxy) is 3. The molecule has 0 saturated heterocycles. The van der Waals surface area contributed by atoms with Gasteiger partial charge in [-0.3, -0.25) is 10.1 Å². The second-order valence-corrected chi connectivity index (χ2v) is 9.14. The summed E-state index contributed by atoms with van der Waals surface area (Å²) in [7, 11) is 1.40. The van der Waals surface area contributed by atoms with E-state index in [1.165, 1.54) is 37.5 Å². The number of rotatable bonds is 6. The first-order valence-electron chi connectivity index (χ1n) is 9.99. The van der Waals surface area contributed by atoms with Gasteiger partial charge in [-0.2, -0.15) is 0 Å². The number of carbonyl (C=O) groups is 2. The van der Waals surface area contributed by atoms with E-state index < -0.39 is 16.9 Å². The zero-order valence-electron chi connectivity index (χ0n) is 18.2. The van der Waals surface area contributed by atoms with Gasteiger partial charge in [0.2, 0.25) is 5.90 Å². The van der Waals surface area contributed by atoms with Crippen LogP contribution < -0.4 is 9.47 Å². The molecular weight excluding hydrogens is 626 g/mol. The van der Waals surface area contributed by atoms with Crippen LogP contribution in [0.4, 0.5) is 5.69 Å². The molecule has 12 heteroatoms. The Morgan fingerprint density at radius 1 is 1.14 bits per heavy atom. The SMILES string of the molecule is COc1cc(/C=C2\N=C(c3cc([N+](=O)[O-])ccc3Cl)OC2=O)cc(I)c1OC(=O)c1ccccc1Cl. The molecule has 0 bridgehead atoms. The minimum absolute atomic E-state index is 0.0637. The molecule has 1 aliphatic rings. The summed E-state index contributed by atoms with van der Waals surface area (Å²) in [5.41, 5.74) is 0.504. The number of nitro groups is 1. The molecule has 182 valence electrons. The zero-order chi connectivity index (χ0) is 26.0. The van der Waals surface area contributed by atoms with Crippen LogP contribution in [-0.2, 0) is 9.53 Å². The molecule has 0 radical (unpaired) electrons. The Morgan fingerprint density at radius 3 is 2.58 bits per heavy atom. The van der Waals surface area contributed by atoms with Gasteiger partial charge >= 0.3 is 11.9 Å². The van der Waals surface area contributed by atoms with Crippen molar-refractivity contribution in [2.24, 2.45) is 4.99 Å². The molecule has 0 amide bonds. The van der Waals surface area contributed by atoms with Crippen molar-refractivity contribution < 1.29 is 28.7 Å². The lowest BCUT2D eigenvalue weighted by Gasteiger charge is -2.13. The fourth-order valence-corrected chi connectivity index (χ4v) is 4.32. The summed E-state index contributed by atoms with van der Waals surface area (Å²) in [4.78, 5) is 39.7. The zero-order valence-corrected chi connectivity index (χ0v) is 21.8. The summed E-state index contributed by atoms with van der Waals surface area (Å²) in [6, 6.07) is 13.4. The van der Waals surface area contributed by atoms with Crippen molar-refractivity contribution in [1.29, 1.82) is 0 Å². The van der Waals surface area contributed by atoms with Crippen LogP contribution in [0.15, 0.2) is 65.3 Å². The highest BCUT2D eigenvalue weighted by molar-refractivity contribution is 14.1. The van der Waals surface area contributed by atoms with Crippen LogP contribution in [0.2, 0.25) is 10.0 Å². The van der Waals surface area contributed by atoms with Crippen LogP contribution in [0.3, 0.4) is 0 Å². The molecule has 1 heterocycles. The normalized spacial score (nSPS) is 13.8. The van der Waals surface area contributed by atoms with E-state index in [1.807, 2.05) is 22.6 Å². The molecule has 9 nitrogen and oxygen atoms in total. The highest BCUT2D eigenvalue weighted by Gasteiger charge is 2.27. The largest absolute Gasteiger partial charge is 0.493 e. The Labute approximate surface area is 227 Å². The lowest BCUT2D eigenvalue weighted by Crippen LogP contribution is -2.11. The van der Waals surface area contributed by atoms with E-state index in [1.54, 1.807) is 30.3 Å². The molecule has 3 aromatic carbocycles. The molecule has 1 aliphatic heterocycles. The highest BCUT2D eigenvalue weighted by atomic mass is 127. The lowest BCUT2D eigenvalue weighted by molar-refractivity contribution is -0.384. The number of benzene rings is 3. The van der Waals surface area contributed by atoms with E-state index in [0.717, 1.165) is 0 Å². The van der Waals surface area contributed by atoms with Crippen molar-refractivity contribution >= 4 is 75.4 Å². The van der Waals surface area contributed by atoms with Gasteiger partial charge in [0.15, 0.2) is 17.2 Å².